The summed E-state index contributed by atoms with van der Waals surface area (Å²) in [7, 11) is 0. The maximum absolute atomic E-state index is 12.1. The number of H-pyrrole nitrogens is 1. The van der Waals surface area contributed by atoms with Gasteiger partial charge in [-0.2, -0.15) is 0 Å². The SMILES string of the molecule is CC(C)(N)C(=O)c1c[nH]c2c(Cl)cccc12. The van der Waals surface area contributed by atoms with E-state index in [2.05, 4.69) is 4.98 Å². The molecule has 1 aromatic heterocycles. The van der Waals surface area contributed by atoms with Gasteiger partial charge in [-0.3, -0.25) is 4.79 Å². The fraction of sp³-hybridized carbons (Fsp3) is 0.250. The average molecular weight is 237 g/mol. The number of halogens is 1. The number of nitrogens with one attached hydrogen (secondary N) is 1. The van der Waals surface area contributed by atoms with Crippen molar-refractivity contribution < 1.29 is 4.79 Å². The second kappa shape index (κ2) is 3.61. The van der Waals surface area contributed by atoms with E-state index in [9.17, 15) is 4.79 Å². The Morgan fingerprint density at radius 3 is 2.75 bits per heavy atom. The van der Waals surface area contributed by atoms with E-state index in [0.29, 0.717) is 10.6 Å². The highest BCUT2D eigenvalue weighted by Crippen LogP contribution is 2.26. The molecule has 0 saturated heterocycles. The third-order valence-corrected chi connectivity index (χ3v) is 2.81. The van der Waals surface area contributed by atoms with Crippen LogP contribution in [0.15, 0.2) is 24.4 Å². The van der Waals surface area contributed by atoms with E-state index in [1.807, 2.05) is 12.1 Å². The number of rotatable bonds is 2. The van der Waals surface area contributed by atoms with Gasteiger partial charge in [0.1, 0.15) is 0 Å². The van der Waals surface area contributed by atoms with E-state index in [0.717, 1.165) is 10.9 Å². The molecule has 0 amide bonds. The topological polar surface area (TPSA) is 58.9 Å². The van der Waals surface area contributed by atoms with E-state index in [1.54, 1.807) is 26.1 Å². The van der Waals surface area contributed by atoms with Crippen molar-refractivity contribution in [2.24, 2.45) is 5.73 Å². The summed E-state index contributed by atoms with van der Waals surface area (Å²) >= 11 is 6.02. The van der Waals surface area contributed by atoms with Gasteiger partial charge in [-0.25, -0.2) is 0 Å². The molecule has 0 atom stereocenters. The van der Waals surface area contributed by atoms with Crippen molar-refractivity contribution in [3.8, 4) is 0 Å². The highest BCUT2D eigenvalue weighted by Gasteiger charge is 2.25. The lowest BCUT2D eigenvalue weighted by Crippen LogP contribution is -2.41. The minimum absolute atomic E-state index is 0.0963. The molecule has 2 rings (SSSR count). The highest BCUT2D eigenvalue weighted by molar-refractivity contribution is 6.35. The number of nitrogens with two attached hydrogens (primary N) is 1. The van der Waals surface area contributed by atoms with Crippen molar-refractivity contribution in [2.75, 3.05) is 0 Å². The van der Waals surface area contributed by atoms with Crippen molar-refractivity contribution in [3.63, 3.8) is 0 Å². The van der Waals surface area contributed by atoms with E-state index < -0.39 is 5.54 Å². The molecule has 4 heteroatoms. The second-order valence-electron chi connectivity index (χ2n) is 4.42. The van der Waals surface area contributed by atoms with Gasteiger partial charge in [-0.05, 0) is 19.9 Å². The molecular weight excluding hydrogens is 224 g/mol. The highest BCUT2D eigenvalue weighted by atomic mass is 35.5. The number of benzene rings is 1. The van der Waals surface area contributed by atoms with Crippen LogP contribution in [0.4, 0.5) is 0 Å². The molecule has 0 radical (unpaired) electrons. The van der Waals surface area contributed by atoms with E-state index in [4.69, 9.17) is 17.3 Å². The number of para-hydroxylation sites is 1. The molecule has 0 spiro atoms. The van der Waals surface area contributed by atoms with Gasteiger partial charge >= 0.3 is 0 Å². The van der Waals surface area contributed by atoms with Crippen LogP contribution in [0, 0.1) is 0 Å². The standard InChI is InChI=1S/C12H13ClN2O/c1-12(2,14)11(16)8-6-15-10-7(8)4-3-5-9(10)13/h3-6,15H,14H2,1-2H3. The first-order valence-electron chi connectivity index (χ1n) is 5.00. The molecule has 0 fully saturated rings. The van der Waals surface area contributed by atoms with Crippen molar-refractivity contribution >= 4 is 28.3 Å². The zero-order valence-corrected chi connectivity index (χ0v) is 9.93. The first-order chi connectivity index (χ1) is 7.41. The van der Waals surface area contributed by atoms with Crippen molar-refractivity contribution in [2.45, 2.75) is 19.4 Å². The van der Waals surface area contributed by atoms with Gasteiger partial charge in [0.05, 0.1) is 16.1 Å². The fourth-order valence-corrected chi connectivity index (χ4v) is 1.88. The number of Topliss-reactive ketones (excluding diaryl/α,β-unsaturated/α-hetero) is 1. The number of carbonyl (C=O) groups excluding carboxylic acids is 1. The third kappa shape index (κ3) is 1.72. The van der Waals surface area contributed by atoms with Gasteiger partial charge in [0.2, 0.25) is 0 Å². The van der Waals surface area contributed by atoms with Crippen molar-refractivity contribution in [1.29, 1.82) is 0 Å². The zero-order chi connectivity index (χ0) is 11.9. The Balaban J connectivity index is 2.64. The van der Waals surface area contributed by atoms with Crippen molar-refractivity contribution in [1.82, 2.24) is 4.98 Å². The van der Waals surface area contributed by atoms with Crippen LogP contribution in [-0.4, -0.2) is 16.3 Å². The molecule has 16 heavy (non-hydrogen) atoms. The van der Waals surface area contributed by atoms with Crippen LogP contribution >= 0.6 is 11.6 Å². The molecular formula is C12H13ClN2O. The molecule has 2 aromatic rings. The van der Waals surface area contributed by atoms with Gasteiger partial charge in [-0.15, -0.1) is 0 Å². The van der Waals surface area contributed by atoms with Crippen LogP contribution in [0.5, 0.6) is 0 Å². The average Bonchev–Trinajstić information content (AvgIpc) is 2.60. The molecule has 1 heterocycles. The normalized spacial score (nSPS) is 12.0. The Kier molecular flexibility index (Phi) is 2.52. The van der Waals surface area contributed by atoms with Gasteiger partial charge < -0.3 is 10.7 Å². The molecule has 84 valence electrons. The monoisotopic (exact) mass is 236 g/mol. The maximum atomic E-state index is 12.1. The molecule has 0 unspecified atom stereocenters. The molecule has 0 aliphatic rings. The summed E-state index contributed by atoms with van der Waals surface area (Å²) < 4.78 is 0. The lowest BCUT2D eigenvalue weighted by Gasteiger charge is -2.15. The Bertz CT molecular complexity index is 552. The Hall–Kier alpha value is -1.32. The van der Waals surface area contributed by atoms with Crippen LogP contribution in [0.3, 0.4) is 0 Å². The first kappa shape index (κ1) is 11.2. The van der Waals surface area contributed by atoms with E-state index in [1.165, 1.54) is 0 Å². The first-order valence-corrected chi connectivity index (χ1v) is 5.38. The molecule has 0 aliphatic carbocycles. The lowest BCUT2D eigenvalue weighted by atomic mass is 9.94. The minimum atomic E-state index is -0.878. The number of carbonyl (C=O) groups is 1. The molecule has 0 saturated carbocycles. The number of hydrogen-bond donors (Lipinski definition) is 2. The van der Waals surface area contributed by atoms with Gasteiger partial charge in [-0.1, -0.05) is 23.7 Å². The lowest BCUT2D eigenvalue weighted by molar-refractivity contribution is 0.0915. The quantitative estimate of drug-likeness (QED) is 0.788. The second-order valence-corrected chi connectivity index (χ2v) is 4.82. The molecule has 0 aliphatic heterocycles. The summed E-state index contributed by atoms with van der Waals surface area (Å²) in [5.74, 6) is -0.0963. The van der Waals surface area contributed by atoms with Crippen LogP contribution < -0.4 is 5.73 Å². The number of hydrogen-bond acceptors (Lipinski definition) is 2. The van der Waals surface area contributed by atoms with Crippen LogP contribution in [0.2, 0.25) is 5.02 Å². The zero-order valence-electron chi connectivity index (χ0n) is 9.17. The molecule has 1 aromatic carbocycles. The smallest absolute Gasteiger partial charge is 0.184 e. The largest absolute Gasteiger partial charge is 0.359 e. The molecule has 3 nitrogen and oxygen atoms in total. The Labute approximate surface area is 98.6 Å². The molecule has 0 bridgehead atoms. The summed E-state index contributed by atoms with van der Waals surface area (Å²) in [4.78, 5) is 15.1. The summed E-state index contributed by atoms with van der Waals surface area (Å²) in [6, 6.07) is 5.46. The maximum Gasteiger partial charge on any atom is 0.184 e. The van der Waals surface area contributed by atoms with Gasteiger partial charge in [0.15, 0.2) is 5.78 Å². The minimum Gasteiger partial charge on any atom is -0.359 e. The number of aromatic amines is 1. The number of ketones is 1. The van der Waals surface area contributed by atoms with Crippen LogP contribution in [-0.2, 0) is 0 Å². The summed E-state index contributed by atoms with van der Waals surface area (Å²) in [6.07, 6.45) is 1.66. The Morgan fingerprint density at radius 1 is 1.44 bits per heavy atom. The van der Waals surface area contributed by atoms with Crippen LogP contribution in [0.1, 0.15) is 24.2 Å². The number of fused-ring (bicyclic) bond motifs is 1. The summed E-state index contributed by atoms with van der Waals surface area (Å²) in [6.45, 7) is 3.39. The molecule has 3 N–H and O–H groups in total. The third-order valence-electron chi connectivity index (χ3n) is 2.49. The predicted octanol–water partition coefficient (Wildman–Crippen LogP) is 2.74. The predicted molar refractivity (Wildman–Crippen MR) is 65.9 cm³/mol. The Morgan fingerprint density at radius 2 is 2.12 bits per heavy atom. The fourth-order valence-electron chi connectivity index (χ4n) is 1.65. The van der Waals surface area contributed by atoms with E-state index in [-0.39, 0.29) is 5.78 Å². The number of aromatic nitrogens is 1. The van der Waals surface area contributed by atoms with E-state index >= 15 is 0 Å². The van der Waals surface area contributed by atoms with Gasteiger partial charge in [0, 0.05) is 17.1 Å². The van der Waals surface area contributed by atoms with Crippen molar-refractivity contribution in [3.05, 3.63) is 35.0 Å². The van der Waals surface area contributed by atoms with Gasteiger partial charge in [0.25, 0.3) is 0 Å². The summed E-state index contributed by atoms with van der Waals surface area (Å²) in [5, 5.41) is 1.42. The summed E-state index contributed by atoms with van der Waals surface area (Å²) in [5.41, 5.74) is 6.29. The van der Waals surface area contributed by atoms with Crippen LogP contribution in [0.25, 0.3) is 10.9 Å².